The molecule has 0 spiro atoms. The summed E-state index contributed by atoms with van der Waals surface area (Å²) in [5.74, 6) is 0. The van der Waals surface area contributed by atoms with Crippen molar-refractivity contribution >= 4 is 16.7 Å². The van der Waals surface area contributed by atoms with Crippen LogP contribution in [0.15, 0.2) is 53.4 Å². The van der Waals surface area contributed by atoms with E-state index in [2.05, 4.69) is 42.5 Å². The number of benzene rings is 2. The summed E-state index contributed by atoms with van der Waals surface area (Å²) >= 11 is 0. The smallest absolute Gasteiger partial charge is 0.0234 e. The van der Waals surface area contributed by atoms with Crippen LogP contribution < -0.4 is 10.4 Å². The van der Waals surface area contributed by atoms with Gasteiger partial charge in [0.05, 0.1) is 0 Å². The molecule has 1 aliphatic heterocycles. The van der Waals surface area contributed by atoms with E-state index in [1.54, 1.807) is 0 Å². The Morgan fingerprint density at radius 1 is 0.867 bits per heavy atom. The Hall–Kier alpha value is -1.38. The van der Waals surface area contributed by atoms with E-state index in [4.69, 9.17) is 5.14 Å². The van der Waals surface area contributed by atoms with Gasteiger partial charge in [0.2, 0.25) is 0 Å². The van der Waals surface area contributed by atoms with Gasteiger partial charge in [0.25, 0.3) is 0 Å². The molecule has 1 nitrogen and oxygen atoms in total. The fourth-order valence-corrected chi connectivity index (χ4v) is 3.34. The summed E-state index contributed by atoms with van der Waals surface area (Å²) in [6.45, 7) is 0. The van der Waals surface area contributed by atoms with Gasteiger partial charge in [0.1, 0.15) is 0 Å². The van der Waals surface area contributed by atoms with E-state index in [0.717, 1.165) is 0 Å². The van der Waals surface area contributed by atoms with Crippen LogP contribution in [0, 0.1) is 4.51 Å². The minimum Gasteiger partial charge on any atom is -0.279 e. The fraction of sp³-hybridized carbons (Fsp3) is 0. The molecule has 74 valence electrons. The molecule has 2 aromatic carbocycles. The summed E-state index contributed by atoms with van der Waals surface area (Å²) in [6.07, 6.45) is 2.21. The molecule has 1 heterocycles. The molecule has 0 amide bonds. The second-order valence-electron chi connectivity index (χ2n) is 3.56. The fourth-order valence-electron chi connectivity index (χ4n) is 1.89. The van der Waals surface area contributed by atoms with E-state index in [9.17, 15) is 0 Å². The highest BCUT2D eigenvalue weighted by Gasteiger charge is 2.06. The van der Waals surface area contributed by atoms with E-state index in [0.29, 0.717) is 0 Å². The van der Waals surface area contributed by atoms with Crippen molar-refractivity contribution in [1.29, 1.82) is 0 Å². The average molecular weight is 213 g/mol. The zero-order valence-electron chi connectivity index (χ0n) is 8.18. The second kappa shape index (κ2) is 3.33. The molecule has 15 heavy (non-hydrogen) atoms. The molecule has 1 unspecified atom stereocenters. The third kappa shape index (κ3) is 1.34. The van der Waals surface area contributed by atoms with Gasteiger partial charge in [-0.05, 0) is 29.0 Å². The van der Waals surface area contributed by atoms with Crippen molar-refractivity contribution in [3.8, 4) is 0 Å². The van der Waals surface area contributed by atoms with Gasteiger partial charge in [-0.1, -0.05) is 47.1 Å². The minimum absolute atomic E-state index is 0.271. The molecule has 0 radical (unpaired) electrons. The Labute approximate surface area is 90.9 Å². The van der Waals surface area contributed by atoms with E-state index in [1.807, 2.05) is 12.1 Å². The van der Waals surface area contributed by atoms with Crippen LogP contribution in [0.25, 0.3) is 6.08 Å². The first-order chi connectivity index (χ1) is 7.36. The number of hydrogen-bond donors (Lipinski definition) is 1. The first-order valence-corrected chi connectivity index (χ1v) is 6.16. The SMILES string of the molecule is NS1=c2ccccc2=Cc2ccccc21. The molecule has 0 bridgehead atoms. The van der Waals surface area contributed by atoms with Crippen molar-refractivity contribution in [3.63, 3.8) is 0 Å². The third-order valence-electron chi connectivity index (χ3n) is 2.62. The van der Waals surface area contributed by atoms with Crippen molar-refractivity contribution < 1.29 is 0 Å². The maximum absolute atomic E-state index is 6.27. The first-order valence-electron chi connectivity index (χ1n) is 4.88. The van der Waals surface area contributed by atoms with Crippen LogP contribution in [0.5, 0.6) is 0 Å². The largest absolute Gasteiger partial charge is 0.279 e. The summed E-state index contributed by atoms with van der Waals surface area (Å²) in [4.78, 5) is 1.25. The van der Waals surface area contributed by atoms with Crippen LogP contribution in [-0.4, -0.2) is 0 Å². The zero-order chi connectivity index (χ0) is 10.3. The summed E-state index contributed by atoms with van der Waals surface area (Å²) < 4.78 is 1.25. The number of hydrogen-bond acceptors (Lipinski definition) is 1. The first kappa shape index (κ1) is 8.89. The van der Waals surface area contributed by atoms with Gasteiger partial charge in [-0.15, -0.1) is 0 Å². The predicted molar refractivity (Wildman–Crippen MR) is 65.0 cm³/mol. The van der Waals surface area contributed by atoms with E-state index in [-0.39, 0.29) is 10.7 Å². The summed E-state index contributed by atoms with van der Waals surface area (Å²) in [6, 6.07) is 16.7. The Morgan fingerprint density at radius 3 is 2.53 bits per heavy atom. The van der Waals surface area contributed by atoms with Crippen LogP contribution in [0.2, 0.25) is 0 Å². The van der Waals surface area contributed by atoms with Crippen molar-refractivity contribution in [2.75, 3.05) is 0 Å². The molecule has 0 fully saturated rings. The lowest BCUT2D eigenvalue weighted by Gasteiger charge is -2.12. The molecule has 3 rings (SSSR count). The normalized spacial score (nSPS) is 17.5. The van der Waals surface area contributed by atoms with Gasteiger partial charge in [0, 0.05) is 9.41 Å². The molecule has 2 N–H and O–H groups in total. The van der Waals surface area contributed by atoms with Crippen molar-refractivity contribution in [2.24, 2.45) is 5.14 Å². The topological polar surface area (TPSA) is 26.0 Å². The van der Waals surface area contributed by atoms with E-state index in [1.165, 1.54) is 20.2 Å². The second-order valence-corrected chi connectivity index (χ2v) is 5.11. The van der Waals surface area contributed by atoms with Gasteiger partial charge < -0.3 is 0 Å². The summed E-state index contributed by atoms with van der Waals surface area (Å²) in [7, 11) is -0.271. The molecule has 0 saturated heterocycles. The Bertz CT molecular complexity index is 644. The Kier molecular flexibility index (Phi) is 1.97. The molecule has 0 saturated carbocycles. The minimum atomic E-state index is -0.271. The van der Waals surface area contributed by atoms with Crippen LogP contribution in [0.3, 0.4) is 0 Å². The number of fused-ring (bicyclic) bond motifs is 2. The van der Waals surface area contributed by atoms with E-state index < -0.39 is 0 Å². The van der Waals surface area contributed by atoms with Crippen molar-refractivity contribution in [3.05, 3.63) is 63.8 Å². The lowest BCUT2D eigenvalue weighted by molar-refractivity contribution is 1.38. The lowest BCUT2D eigenvalue weighted by atomic mass is 10.1. The summed E-state index contributed by atoms with van der Waals surface area (Å²) in [5, 5.41) is 7.52. The van der Waals surface area contributed by atoms with Gasteiger partial charge in [-0.2, -0.15) is 0 Å². The average Bonchev–Trinajstić information content (AvgIpc) is 2.30. The third-order valence-corrected chi connectivity index (χ3v) is 4.31. The molecule has 2 heteroatoms. The molecular formula is C13H11NS. The van der Waals surface area contributed by atoms with Gasteiger partial charge in [-0.3, -0.25) is 5.14 Å². The maximum Gasteiger partial charge on any atom is 0.0234 e. The van der Waals surface area contributed by atoms with Crippen LogP contribution in [0.4, 0.5) is 0 Å². The standard InChI is InChI=1S/C13H11NS/c14-15-12-7-3-1-5-10(12)9-11-6-2-4-8-13(11)15/h1-9H,14H2. The predicted octanol–water partition coefficient (Wildman–Crippen LogP) is 2.28. The molecule has 0 aliphatic carbocycles. The quantitative estimate of drug-likeness (QED) is 0.668. The highest BCUT2D eigenvalue weighted by atomic mass is 32.2. The molecular weight excluding hydrogens is 202 g/mol. The van der Waals surface area contributed by atoms with Gasteiger partial charge in [-0.25, -0.2) is 0 Å². The maximum atomic E-state index is 6.27. The number of rotatable bonds is 0. The van der Waals surface area contributed by atoms with Crippen LogP contribution in [0.1, 0.15) is 5.56 Å². The van der Waals surface area contributed by atoms with Crippen molar-refractivity contribution in [2.45, 2.75) is 4.90 Å². The molecule has 1 aliphatic rings. The lowest BCUT2D eigenvalue weighted by Crippen LogP contribution is -2.09. The highest BCUT2D eigenvalue weighted by Crippen LogP contribution is 2.28. The van der Waals surface area contributed by atoms with Crippen LogP contribution in [-0.2, 0) is 0 Å². The van der Waals surface area contributed by atoms with Gasteiger partial charge >= 0.3 is 0 Å². The summed E-state index contributed by atoms with van der Waals surface area (Å²) in [5.41, 5.74) is 1.25. The van der Waals surface area contributed by atoms with E-state index >= 15 is 0 Å². The monoisotopic (exact) mass is 213 g/mol. The van der Waals surface area contributed by atoms with Gasteiger partial charge in [0.15, 0.2) is 0 Å². The Balaban J connectivity index is 2.50. The van der Waals surface area contributed by atoms with Crippen molar-refractivity contribution in [1.82, 2.24) is 0 Å². The molecule has 0 aromatic heterocycles. The number of nitrogens with two attached hydrogens (primary N) is 1. The molecule has 1 atom stereocenters. The molecule has 2 aromatic rings. The zero-order valence-corrected chi connectivity index (χ0v) is 9.00. The van der Waals surface area contributed by atoms with Crippen LogP contribution >= 0.6 is 10.7 Å². The highest BCUT2D eigenvalue weighted by molar-refractivity contribution is 8.07. The Morgan fingerprint density at radius 2 is 1.60 bits per heavy atom.